The van der Waals surface area contributed by atoms with E-state index < -0.39 is 0 Å². The third kappa shape index (κ3) is 5.19. The van der Waals surface area contributed by atoms with E-state index in [0.717, 1.165) is 32.1 Å². The van der Waals surface area contributed by atoms with E-state index in [1.807, 2.05) is 18.7 Å². The van der Waals surface area contributed by atoms with E-state index >= 15 is 0 Å². The van der Waals surface area contributed by atoms with Gasteiger partial charge in [-0.05, 0) is 51.3 Å². The van der Waals surface area contributed by atoms with E-state index in [-0.39, 0.29) is 23.4 Å². The molecular weight excluding hydrogens is 386 g/mol. The molecular formula is C23H34ClN3O2. The zero-order valence-electron chi connectivity index (χ0n) is 18.4. The Bertz CT molecular complexity index is 894. The minimum Gasteiger partial charge on any atom is -0.333 e. The van der Waals surface area contributed by atoms with Crippen LogP contribution in [0, 0.1) is 5.92 Å². The number of nitrogens with zero attached hydrogens (tertiary/aromatic N) is 3. The number of aromatic nitrogens is 2. The fourth-order valence-corrected chi connectivity index (χ4v) is 4.06. The fourth-order valence-electron chi connectivity index (χ4n) is 3.90. The minimum atomic E-state index is -0.283. The fraction of sp³-hybridized carbons (Fsp3) is 0.609. The lowest BCUT2D eigenvalue weighted by atomic mass is 9.96. The first kappa shape index (κ1) is 23.4. The van der Waals surface area contributed by atoms with Crippen LogP contribution < -0.4 is 5.56 Å². The van der Waals surface area contributed by atoms with Crippen LogP contribution in [-0.4, -0.2) is 26.9 Å². The van der Waals surface area contributed by atoms with Gasteiger partial charge in [0.05, 0.1) is 16.9 Å². The molecule has 0 saturated carbocycles. The third-order valence-corrected chi connectivity index (χ3v) is 5.84. The van der Waals surface area contributed by atoms with E-state index in [2.05, 4.69) is 20.8 Å². The number of amides is 1. The molecule has 1 aromatic heterocycles. The number of rotatable bonds is 10. The Morgan fingerprint density at radius 3 is 2.52 bits per heavy atom. The van der Waals surface area contributed by atoms with Gasteiger partial charge in [0, 0.05) is 24.0 Å². The van der Waals surface area contributed by atoms with Crippen LogP contribution in [0.1, 0.15) is 78.6 Å². The van der Waals surface area contributed by atoms with Gasteiger partial charge < -0.3 is 4.90 Å². The number of carbonyl (C=O) groups is 1. The molecule has 0 radical (unpaired) electrons. The van der Waals surface area contributed by atoms with Crippen LogP contribution in [0.15, 0.2) is 23.0 Å². The van der Waals surface area contributed by atoms with Gasteiger partial charge >= 0.3 is 0 Å². The zero-order valence-corrected chi connectivity index (χ0v) is 19.1. The first-order chi connectivity index (χ1) is 13.9. The highest BCUT2D eigenvalue weighted by Crippen LogP contribution is 2.26. The van der Waals surface area contributed by atoms with E-state index in [1.165, 1.54) is 0 Å². The summed E-state index contributed by atoms with van der Waals surface area (Å²) in [5, 5.41) is 1.10. The molecule has 0 N–H and O–H groups in total. The van der Waals surface area contributed by atoms with Gasteiger partial charge in [0.25, 0.3) is 5.56 Å². The molecule has 1 aromatic carbocycles. The number of fused-ring (bicyclic) bond motifs is 1. The monoisotopic (exact) mass is 419 g/mol. The van der Waals surface area contributed by atoms with Crippen LogP contribution in [0.4, 0.5) is 0 Å². The summed E-state index contributed by atoms with van der Waals surface area (Å²) in [6.45, 7) is 11.4. The van der Waals surface area contributed by atoms with E-state index in [4.69, 9.17) is 16.6 Å². The molecule has 0 aliphatic carbocycles. The largest absolute Gasteiger partial charge is 0.333 e. The molecule has 6 heteroatoms. The minimum absolute atomic E-state index is 0.0145. The lowest BCUT2D eigenvalue weighted by molar-refractivity contribution is -0.138. The average Bonchev–Trinajstić information content (AvgIpc) is 2.71. The van der Waals surface area contributed by atoms with Gasteiger partial charge in [0.15, 0.2) is 0 Å². The van der Waals surface area contributed by atoms with Crippen molar-refractivity contribution < 1.29 is 4.79 Å². The van der Waals surface area contributed by atoms with Gasteiger partial charge in [-0.25, -0.2) is 4.98 Å². The standard InChI is InChI=1S/C23H34ClN3O2/c1-6-10-11-17(8-3)22(28)27(14-7-2)16(5)21-25-20-15-18(24)12-13-19(20)23(29)26(21)9-4/h12-13,15-17H,6-11,14H2,1-5H3. The molecule has 0 aliphatic rings. The predicted molar refractivity (Wildman–Crippen MR) is 120 cm³/mol. The van der Waals surface area contributed by atoms with Crippen LogP contribution >= 0.6 is 11.6 Å². The summed E-state index contributed by atoms with van der Waals surface area (Å²) < 4.78 is 1.68. The van der Waals surface area contributed by atoms with Gasteiger partial charge in [-0.15, -0.1) is 0 Å². The summed E-state index contributed by atoms with van der Waals surface area (Å²) in [6, 6.07) is 4.87. The number of hydrogen-bond donors (Lipinski definition) is 0. The number of hydrogen-bond acceptors (Lipinski definition) is 3. The van der Waals surface area contributed by atoms with Gasteiger partial charge in [0.1, 0.15) is 5.82 Å². The first-order valence-electron chi connectivity index (χ1n) is 10.9. The lowest BCUT2D eigenvalue weighted by Gasteiger charge is -2.33. The lowest BCUT2D eigenvalue weighted by Crippen LogP contribution is -2.41. The Hall–Kier alpha value is -1.88. The molecule has 0 fully saturated rings. The van der Waals surface area contributed by atoms with Crippen LogP contribution in [0.3, 0.4) is 0 Å². The highest BCUT2D eigenvalue weighted by atomic mass is 35.5. The summed E-state index contributed by atoms with van der Waals surface area (Å²) in [6.07, 6.45) is 4.71. The van der Waals surface area contributed by atoms with Crippen molar-refractivity contribution in [1.29, 1.82) is 0 Å². The van der Waals surface area contributed by atoms with Gasteiger partial charge in [-0.2, -0.15) is 0 Å². The number of benzene rings is 1. The van der Waals surface area contributed by atoms with Crippen LogP contribution in [0.25, 0.3) is 10.9 Å². The molecule has 160 valence electrons. The average molecular weight is 420 g/mol. The summed E-state index contributed by atoms with van der Waals surface area (Å²) in [4.78, 5) is 33.1. The van der Waals surface area contributed by atoms with Crippen molar-refractivity contribution in [3.05, 3.63) is 39.4 Å². The van der Waals surface area contributed by atoms with E-state index in [1.54, 1.807) is 22.8 Å². The van der Waals surface area contributed by atoms with Crippen molar-refractivity contribution in [2.24, 2.45) is 5.92 Å². The molecule has 2 unspecified atom stereocenters. The zero-order chi connectivity index (χ0) is 21.6. The molecule has 0 aliphatic heterocycles. The normalized spacial score (nSPS) is 13.4. The van der Waals surface area contributed by atoms with E-state index in [0.29, 0.717) is 34.8 Å². The van der Waals surface area contributed by atoms with Crippen molar-refractivity contribution in [2.75, 3.05) is 6.54 Å². The molecule has 0 spiro atoms. The van der Waals surface area contributed by atoms with Gasteiger partial charge in [-0.1, -0.05) is 45.2 Å². The summed E-state index contributed by atoms with van der Waals surface area (Å²) >= 11 is 6.13. The van der Waals surface area contributed by atoms with Crippen molar-refractivity contribution in [1.82, 2.24) is 14.5 Å². The van der Waals surface area contributed by atoms with Crippen molar-refractivity contribution in [2.45, 2.75) is 79.3 Å². The molecule has 0 bridgehead atoms. The van der Waals surface area contributed by atoms with Crippen LogP contribution in [0.5, 0.6) is 0 Å². The van der Waals surface area contributed by atoms with Crippen LogP contribution in [-0.2, 0) is 11.3 Å². The number of carbonyl (C=O) groups excluding carboxylic acids is 1. The van der Waals surface area contributed by atoms with Crippen LogP contribution in [0.2, 0.25) is 5.02 Å². The highest BCUT2D eigenvalue weighted by Gasteiger charge is 2.29. The molecule has 5 nitrogen and oxygen atoms in total. The molecule has 2 atom stereocenters. The number of halogens is 1. The summed E-state index contributed by atoms with van der Waals surface area (Å²) in [5.41, 5.74) is 0.494. The van der Waals surface area contributed by atoms with E-state index in [9.17, 15) is 9.59 Å². The van der Waals surface area contributed by atoms with Gasteiger partial charge in [0.2, 0.25) is 5.91 Å². The Morgan fingerprint density at radius 2 is 1.93 bits per heavy atom. The maximum absolute atomic E-state index is 13.4. The molecule has 2 rings (SSSR count). The maximum Gasteiger partial charge on any atom is 0.261 e. The Labute approximate surface area is 179 Å². The second-order valence-corrected chi connectivity index (χ2v) is 8.07. The predicted octanol–water partition coefficient (Wildman–Crippen LogP) is 5.59. The molecule has 29 heavy (non-hydrogen) atoms. The third-order valence-electron chi connectivity index (χ3n) is 5.60. The molecule has 1 amide bonds. The molecule has 2 aromatic rings. The second-order valence-electron chi connectivity index (χ2n) is 7.64. The number of unbranched alkanes of at least 4 members (excludes halogenated alkanes) is 1. The topological polar surface area (TPSA) is 55.2 Å². The SMILES string of the molecule is CCCCC(CC)C(=O)N(CCC)C(C)c1nc2cc(Cl)ccc2c(=O)n1CC. The van der Waals surface area contributed by atoms with Crippen molar-refractivity contribution in [3.8, 4) is 0 Å². The van der Waals surface area contributed by atoms with Crippen molar-refractivity contribution in [3.63, 3.8) is 0 Å². The maximum atomic E-state index is 13.4. The Kier molecular flexibility index (Phi) is 8.69. The highest BCUT2D eigenvalue weighted by molar-refractivity contribution is 6.31. The Balaban J connectivity index is 2.52. The smallest absolute Gasteiger partial charge is 0.261 e. The first-order valence-corrected chi connectivity index (χ1v) is 11.3. The molecule has 0 saturated heterocycles. The summed E-state index contributed by atoms with van der Waals surface area (Å²) in [7, 11) is 0. The Morgan fingerprint density at radius 1 is 1.21 bits per heavy atom. The van der Waals surface area contributed by atoms with Gasteiger partial charge in [-0.3, -0.25) is 14.2 Å². The molecule has 1 heterocycles. The summed E-state index contributed by atoms with van der Waals surface area (Å²) in [5.74, 6) is 0.804. The van der Waals surface area contributed by atoms with Crippen molar-refractivity contribution >= 4 is 28.4 Å². The quantitative estimate of drug-likeness (QED) is 0.504. The second kappa shape index (κ2) is 10.8.